The first kappa shape index (κ1) is 14.0. The molecule has 0 aliphatic rings. The number of unbranched alkanes of at least 4 members (excludes halogenated alkanes) is 2. The molecule has 0 aromatic heterocycles. The Kier molecular flexibility index (Phi) is 6.70. The number of rotatable bonds is 6. The average Bonchev–Trinajstić information content (AvgIpc) is 2.34. The highest BCUT2D eigenvalue weighted by atomic mass is 79.9. The smallest absolute Gasteiger partial charge is 0.315 e. The quantitative estimate of drug-likeness (QED) is 0.776. The molecule has 0 radical (unpaired) electrons. The third kappa shape index (κ3) is 6.31. The van der Waals surface area contributed by atoms with Gasteiger partial charge in [0.15, 0.2) is 0 Å². The molecule has 0 fully saturated rings. The number of hydrogen-bond acceptors (Lipinski definition) is 1. The van der Waals surface area contributed by atoms with E-state index in [0.29, 0.717) is 6.54 Å². The molecule has 1 aromatic rings. The summed E-state index contributed by atoms with van der Waals surface area (Å²) in [6.07, 6.45) is 3.37. The van der Waals surface area contributed by atoms with Crippen LogP contribution in [0.1, 0.15) is 31.7 Å². The monoisotopic (exact) mass is 298 g/mol. The predicted octanol–water partition coefficient (Wildman–Crippen LogP) is 3.44. The van der Waals surface area contributed by atoms with Crippen molar-refractivity contribution in [3.05, 3.63) is 34.3 Å². The fourth-order valence-electron chi connectivity index (χ4n) is 1.42. The molecule has 0 heterocycles. The minimum atomic E-state index is -0.0935. The summed E-state index contributed by atoms with van der Waals surface area (Å²) in [5, 5.41) is 5.67. The number of nitrogens with one attached hydrogen (secondary N) is 2. The van der Waals surface area contributed by atoms with Gasteiger partial charge in [-0.15, -0.1) is 0 Å². The van der Waals surface area contributed by atoms with E-state index in [9.17, 15) is 4.79 Å². The summed E-state index contributed by atoms with van der Waals surface area (Å²) in [4.78, 5) is 11.4. The topological polar surface area (TPSA) is 41.1 Å². The number of amides is 2. The number of hydrogen-bond donors (Lipinski definition) is 2. The maximum atomic E-state index is 11.4. The molecule has 0 spiro atoms. The Morgan fingerprint density at radius 3 is 2.53 bits per heavy atom. The molecular weight excluding hydrogens is 280 g/mol. The van der Waals surface area contributed by atoms with Crippen molar-refractivity contribution in [3.63, 3.8) is 0 Å². The number of halogens is 1. The third-order valence-corrected chi connectivity index (χ3v) is 2.96. The van der Waals surface area contributed by atoms with E-state index in [1.165, 1.54) is 6.42 Å². The molecule has 0 unspecified atom stereocenters. The molecule has 0 aliphatic carbocycles. The van der Waals surface area contributed by atoms with Crippen molar-refractivity contribution in [2.45, 2.75) is 32.7 Å². The summed E-state index contributed by atoms with van der Waals surface area (Å²) in [5.41, 5.74) is 1.09. The molecule has 17 heavy (non-hydrogen) atoms. The largest absolute Gasteiger partial charge is 0.338 e. The molecule has 0 atom stereocenters. The van der Waals surface area contributed by atoms with Crippen molar-refractivity contribution in [3.8, 4) is 0 Å². The van der Waals surface area contributed by atoms with Gasteiger partial charge in [-0.1, -0.05) is 47.8 Å². The van der Waals surface area contributed by atoms with Crippen molar-refractivity contribution in [2.75, 3.05) is 6.54 Å². The van der Waals surface area contributed by atoms with Crippen LogP contribution in [-0.2, 0) is 6.54 Å². The van der Waals surface area contributed by atoms with Crippen molar-refractivity contribution in [2.24, 2.45) is 0 Å². The van der Waals surface area contributed by atoms with Gasteiger partial charge in [-0.05, 0) is 24.1 Å². The van der Waals surface area contributed by atoms with Crippen LogP contribution in [0.25, 0.3) is 0 Å². The minimum absolute atomic E-state index is 0.0935. The molecule has 0 bridgehead atoms. The van der Waals surface area contributed by atoms with Crippen LogP contribution in [0.2, 0.25) is 0 Å². The Labute approximate surface area is 111 Å². The van der Waals surface area contributed by atoms with E-state index in [2.05, 4.69) is 33.5 Å². The molecule has 1 aromatic carbocycles. The number of carbonyl (C=O) groups excluding carboxylic acids is 1. The van der Waals surface area contributed by atoms with E-state index < -0.39 is 0 Å². The number of benzene rings is 1. The van der Waals surface area contributed by atoms with Gasteiger partial charge in [-0.3, -0.25) is 0 Å². The lowest BCUT2D eigenvalue weighted by Gasteiger charge is -2.07. The molecule has 1 rings (SSSR count). The summed E-state index contributed by atoms with van der Waals surface area (Å²) in [5.74, 6) is 0. The Balaban J connectivity index is 2.17. The van der Waals surface area contributed by atoms with E-state index in [0.717, 1.165) is 29.4 Å². The Morgan fingerprint density at radius 1 is 1.18 bits per heavy atom. The van der Waals surface area contributed by atoms with E-state index in [4.69, 9.17) is 0 Å². The molecule has 0 saturated heterocycles. The van der Waals surface area contributed by atoms with Crippen LogP contribution in [0, 0.1) is 0 Å². The number of urea groups is 1. The highest BCUT2D eigenvalue weighted by molar-refractivity contribution is 9.10. The fourth-order valence-corrected chi connectivity index (χ4v) is 1.69. The zero-order chi connectivity index (χ0) is 12.5. The minimum Gasteiger partial charge on any atom is -0.338 e. The fraction of sp³-hybridized carbons (Fsp3) is 0.462. The van der Waals surface area contributed by atoms with Gasteiger partial charge in [0.05, 0.1) is 0 Å². The first-order valence-corrected chi connectivity index (χ1v) is 6.78. The van der Waals surface area contributed by atoms with Gasteiger partial charge in [0.2, 0.25) is 0 Å². The van der Waals surface area contributed by atoms with Gasteiger partial charge in [0.25, 0.3) is 0 Å². The second-order valence-electron chi connectivity index (χ2n) is 3.94. The van der Waals surface area contributed by atoms with Crippen molar-refractivity contribution < 1.29 is 4.79 Å². The van der Waals surface area contributed by atoms with Crippen LogP contribution >= 0.6 is 15.9 Å². The molecule has 2 N–H and O–H groups in total. The van der Waals surface area contributed by atoms with Crippen molar-refractivity contribution in [1.29, 1.82) is 0 Å². The van der Waals surface area contributed by atoms with Gasteiger partial charge in [-0.25, -0.2) is 4.79 Å². The molecule has 3 nitrogen and oxygen atoms in total. The number of carbonyl (C=O) groups is 1. The van der Waals surface area contributed by atoms with Crippen LogP contribution in [0.3, 0.4) is 0 Å². The van der Waals surface area contributed by atoms with Crippen LogP contribution in [0.5, 0.6) is 0 Å². The SMILES string of the molecule is CCCCCNC(=O)NCc1ccc(Br)cc1. The normalized spacial score (nSPS) is 10.0. The molecular formula is C13H19BrN2O. The van der Waals surface area contributed by atoms with Crippen LogP contribution < -0.4 is 10.6 Å². The summed E-state index contributed by atoms with van der Waals surface area (Å²) >= 11 is 3.37. The maximum absolute atomic E-state index is 11.4. The van der Waals surface area contributed by atoms with Crippen molar-refractivity contribution in [1.82, 2.24) is 10.6 Å². The summed E-state index contributed by atoms with van der Waals surface area (Å²) in [6.45, 7) is 3.46. The average molecular weight is 299 g/mol. The van der Waals surface area contributed by atoms with Gasteiger partial charge >= 0.3 is 6.03 Å². The van der Waals surface area contributed by atoms with Gasteiger partial charge in [0, 0.05) is 17.6 Å². The highest BCUT2D eigenvalue weighted by Gasteiger charge is 1.99. The maximum Gasteiger partial charge on any atom is 0.315 e. The highest BCUT2D eigenvalue weighted by Crippen LogP contribution is 2.09. The first-order valence-electron chi connectivity index (χ1n) is 5.98. The van der Waals surface area contributed by atoms with E-state index in [-0.39, 0.29) is 6.03 Å². The van der Waals surface area contributed by atoms with Gasteiger partial charge in [0.1, 0.15) is 0 Å². The summed E-state index contributed by atoms with van der Waals surface area (Å²) in [6, 6.07) is 7.82. The molecule has 94 valence electrons. The summed E-state index contributed by atoms with van der Waals surface area (Å²) in [7, 11) is 0. The summed E-state index contributed by atoms with van der Waals surface area (Å²) < 4.78 is 1.05. The van der Waals surface area contributed by atoms with E-state index >= 15 is 0 Å². The molecule has 4 heteroatoms. The van der Waals surface area contributed by atoms with Crippen LogP contribution in [-0.4, -0.2) is 12.6 Å². The van der Waals surface area contributed by atoms with Crippen LogP contribution in [0.15, 0.2) is 28.7 Å². The lowest BCUT2D eigenvalue weighted by molar-refractivity contribution is 0.240. The zero-order valence-electron chi connectivity index (χ0n) is 10.1. The first-order chi connectivity index (χ1) is 8.22. The lowest BCUT2D eigenvalue weighted by Crippen LogP contribution is -2.35. The van der Waals surface area contributed by atoms with E-state index in [1.807, 2.05) is 24.3 Å². The Bertz CT molecular complexity index is 338. The lowest BCUT2D eigenvalue weighted by atomic mass is 10.2. The molecule has 0 aliphatic heterocycles. The second-order valence-corrected chi connectivity index (χ2v) is 4.86. The van der Waals surface area contributed by atoms with Crippen LogP contribution in [0.4, 0.5) is 4.79 Å². The van der Waals surface area contributed by atoms with Gasteiger partial charge in [-0.2, -0.15) is 0 Å². The second kappa shape index (κ2) is 8.12. The third-order valence-electron chi connectivity index (χ3n) is 2.43. The van der Waals surface area contributed by atoms with E-state index in [1.54, 1.807) is 0 Å². The van der Waals surface area contributed by atoms with Gasteiger partial charge < -0.3 is 10.6 Å². The predicted molar refractivity (Wildman–Crippen MR) is 73.9 cm³/mol. The zero-order valence-corrected chi connectivity index (χ0v) is 11.7. The molecule has 2 amide bonds. The Hall–Kier alpha value is -1.03. The standard InChI is InChI=1S/C13H19BrN2O/c1-2-3-4-9-15-13(17)16-10-11-5-7-12(14)8-6-11/h5-8H,2-4,9-10H2,1H3,(H2,15,16,17). The molecule has 0 saturated carbocycles. The Morgan fingerprint density at radius 2 is 1.88 bits per heavy atom. The van der Waals surface area contributed by atoms with Crippen molar-refractivity contribution >= 4 is 22.0 Å².